The molecule has 1 aromatic carbocycles. The molecular weight excluding hydrogens is 357 g/mol. The van der Waals surface area contributed by atoms with Gasteiger partial charge in [0.15, 0.2) is 0 Å². The number of pyridine rings is 1. The summed E-state index contributed by atoms with van der Waals surface area (Å²) < 4.78 is 0. The number of carbonyl (C=O) groups excluding carboxylic acids is 1. The number of amides is 1. The minimum atomic E-state index is -0.0592. The number of hydrogen-bond donors (Lipinski definition) is 2. The minimum Gasteiger partial charge on any atom is -0.349 e. The molecule has 3 rings (SSSR count). The third-order valence-electron chi connectivity index (χ3n) is 5.03. The summed E-state index contributed by atoms with van der Waals surface area (Å²) in [6.07, 6.45) is 6.97. The Morgan fingerprint density at radius 1 is 1.28 bits per heavy atom. The fraction of sp³-hybridized carbons (Fsp3) is 0.368. The Bertz CT molecular complexity index is 701. The maximum absolute atomic E-state index is 12.3. The van der Waals surface area contributed by atoms with Crippen LogP contribution in [0.4, 0.5) is 0 Å². The van der Waals surface area contributed by atoms with Gasteiger partial charge in [-0.25, -0.2) is 0 Å². The second-order valence-corrected chi connectivity index (χ2v) is 6.92. The largest absolute Gasteiger partial charge is 0.349 e. The van der Waals surface area contributed by atoms with E-state index < -0.39 is 0 Å². The van der Waals surface area contributed by atoms with Crippen molar-refractivity contribution in [2.24, 2.45) is 5.73 Å². The van der Waals surface area contributed by atoms with E-state index in [0.29, 0.717) is 12.1 Å². The van der Waals surface area contributed by atoms with Gasteiger partial charge in [0.2, 0.25) is 0 Å². The molecule has 1 aliphatic carbocycles. The second kappa shape index (κ2) is 8.65. The van der Waals surface area contributed by atoms with Crippen molar-refractivity contribution in [1.29, 1.82) is 0 Å². The second-order valence-electron chi connectivity index (χ2n) is 6.48. The molecule has 1 heterocycles. The summed E-state index contributed by atoms with van der Waals surface area (Å²) in [5, 5.41) is 3.86. The summed E-state index contributed by atoms with van der Waals surface area (Å²) in [6, 6.07) is 11.7. The quantitative estimate of drug-likeness (QED) is 0.850. The lowest BCUT2D eigenvalue weighted by molar-refractivity contribution is 0.0917. The molecule has 0 atom stereocenters. The van der Waals surface area contributed by atoms with Crippen molar-refractivity contribution >= 4 is 29.9 Å². The Kier molecular flexibility index (Phi) is 6.82. The van der Waals surface area contributed by atoms with Crippen LogP contribution in [0.1, 0.15) is 41.6 Å². The first-order valence-corrected chi connectivity index (χ1v) is 8.68. The highest BCUT2D eigenvalue weighted by Crippen LogP contribution is 2.39. The van der Waals surface area contributed by atoms with Crippen molar-refractivity contribution in [3.8, 4) is 0 Å². The molecule has 1 saturated carbocycles. The summed E-state index contributed by atoms with van der Waals surface area (Å²) in [5.41, 5.74) is 7.88. The van der Waals surface area contributed by atoms with Gasteiger partial charge >= 0.3 is 0 Å². The van der Waals surface area contributed by atoms with Gasteiger partial charge in [0.1, 0.15) is 0 Å². The van der Waals surface area contributed by atoms with E-state index in [0.717, 1.165) is 30.7 Å². The van der Waals surface area contributed by atoms with E-state index in [9.17, 15) is 4.79 Å². The lowest BCUT2D eigenvalue weighted by Crippen LogP contribution is -2.45. The highest BCUT2D eigenvalue weighted by Gasteiger charge is 2.36. The average molecular weight is 380 g/mol. The third-order valence-corrected chi connectivity index (χ3v) is 5.26. The van der Waals surface area contributed by atoms with Crippen molar-refractivity contribution in [3.63, 3.8) is 0 Å². The van der Waals surface area contributed by atoms with E-state index >= 15 is 0 Å². The minimum absolute atomic E-state index is 0. The summed E-state index contributed by atoms with van der Waals surface area (Å²) in [4.78, 5) is 16.3. The normalized spacial score (nSPS) is 22.7. The first-order valence-electron chi connectivity index (χ1n) is 8.30. The number of nitrogens with zero attached hydrogens (tertiary/aromatic N) is 1. The summed E-state index contributed by atoms with van der Waals surface area (Å²) in [6.45, 7) is 0.594. The SMILES string of the molecule is Cl.NC[C@]1(c2cccc(Cl)c2)CC[C@@H](NC(=O)c2cccnc2)CC1. The fourth-order valence-corrected chi connectivity index (χ4v) is 3.70. The molecule has 1 fully saturated rings. The molecule has 0 bridgehead atoms. The number of halogens is 2. The molecule has 4 nitrogen and oxygen atoms in total. The molecule has 6 heteroatoms. The van der Waals surface area contributed by atoms with Crippen LogP contribution in [0.25, 0.3) is 0 Å². The van der Waals surface area contributed by atoms with Gasteiger partial charge in [0, 0.05) is 35.4 Å². The van der Waals surface area contributed by atoms with Crippen LogP contribution in [0.5, 0.6) is 0 Å². The number of rotatable bonds is 4. The van der Waals surface area contributed by atoms with Crippen LogP contribution in [-0.2, 0) is 5.41 Å². The molecule has 1 aromatic heterocycles. The Labute approximate surface area is 159 Å². The van der Waals surface area contributed by atoms with Crippen LogP contribution in [0.2, 0.25) is 5.02 Å². The van der Waals surface area contributed by atoms with E-state index in [4.69, 9.17) is 17.3 Å². The number of carbonyl (C=O) groups is 1. The van der Waals surface area contributed by atoms with Crippen LogP contribution in [-0.4, -0.2) is 23.5 Å². The zero-order valence-electron chi connectivity index (χ0n) is 14.0. The van der Waals surface area contributed by atoms with E-state index in [1.807, 2.05) is 18.2 Å². The van der Waals surface area contributed by atoms with Gasteiger partial charge < -0.3 is 11.1 Å². The average Bonchev–Trinajstić information content (AvgIpc) is 2.63. The van der Waals surface area contributed by atoms with Crippen LogP contribution in [0.15, 0.2) is 48.8 Å². The molecule has 1 aliphatic rings. The predicted octanol–water partition coefficient (Wildman–Crippen LogP) is 3.73. The first kappa shape index (κ1) is 19.7. The molecule has 0 aliphatic heterocycles. The van der Waals surface area contributed by atoms with Gasteiger partial charge in [-0.3, -0.25) is 9.78 Å². The smallest absolute Gasteiger partial charge is 0.253 e. The topological polar surface area (TPSA) is 68.0 Å². The molecule has 0 spiro atoms. The number of nitrogens with two attached hydrogens (primary N) is 1. The van der Waals surface area contributed by atoms with E-state index in [1.165, 1.54) is 5.56 Å². The van der Waals surface area contributed by atoms with Gasteiger partial charge in [-0.1, -0.05) is 23.7 Å². The van der Waals surface area contributed by atoms with Gasteiger partial charge in [-0.05, 0) is 55.5 Å². The lowest BCUT2D eigenvalue weighted by Gasteiger charge is -2.40. The fourth-order valence-electron chi connectivity index (χ4n) is 3.51. The van der Waals surface area contributed by atoms with Crippen molar-refractivity contribution in [2.45, 2.75) is 37.1 Å². The molecule has 0 unspecified atom stereocenters. The zero-order chi connectivity index (χ0) is 17.0. The number of aromatic nitrogens is 1. The highest BCUT2D eigenvalue weighted by atomic mass is 35.5. The van der Waals surface area contributed by atoms with Gasteiger partial charge in [0.05, 0.1) is 5.56 Å². The molecule has 0 radical (unpaired) electrons. The summed E-state index contributed by atoms with van der Waals surface area (Å²) in [5.74, 6) is -0.0592. The van der Waals surface area contributed by atoms with E-state index in [2.05, 4.69) is 16.4 Å². The molecule has 1 amide bonds. The van der Waals surface area contributed by atoms with Crippen molar-refractivity contribution in [3.05, 3.63) is 64.9 Å². The zero-order valence-corrected chi connectivity index (χ0v) is 15.5. The Balaban J connectivity index is 0.00000225. The monoisotopic (exact) mass is 379 g/mol. The molecule has 2 aromatic rings. The number of nitrogens with one attached hydrogen (secondary N) is 1. The van der Waals surface area contributed by atoms with Crippen LogP contribution in [0.3, 0.4) is 0 Å². The molecule has 134 valence electrons. The number of benzene rings is 1. The maximum Gasteiger partial charge on any atom is 0.253 e. The standard InChI is InChI=1S/C19H22ClN3O.ClH/c20-16-5-1-4-15(11-16)19(13-21)8-6-17(7-9-19)23-18(24)14-3-2-10-22-12-14;/h1-5,10-12,17H,6-9,13,21H2,(H,23,24);1H/t17-,19+;. The first-order chi connectivity index (χ1) is 11.6. The Morgan fingerprint density at radius 3 is 2.64 bits per heavy atom. The Morgan fingerprint density at radius 2 is 2.04 bits per heavy atom. The summed E-state index contributed by atoms with van der Waals surface area (Å²) >= 11 is 6.14. The number of hydrogen-bond acceptors (Lipinski definition) is 3. The van der Waals surface area contributed by atoms with Crippen molar-refractivity contribution < 1.29 is 4.79 Å². The van der Waals surface area contributed by atoms with Gasteiger partial charge in [-0.2, -0.15) is 0 Å². The van der Waals surface area contributed by atoms with Crippen LogP contribution in [0, 0.1) is 0 Å². The van der Waals surface area contributed by atoms with Gasteiger partial charge in [0.25, 0.3) is 5.91 Å². The Hall–Kier alpha value is -1.62. The van der Waals surface area contributed by atoms with Crippen LogP contribution >= 0.6 is 24.0 Å². The predicted molar refractivity (Wildman–Crippen MR) is 103 cm³/mol. The highest BCUT2D eigenvalue weighted by molar-refractivity contribution is 6.30. The van der Waals surface area contributed by atoms with Gasteiger partial charge in [-0.15, -0.1) is 12.4 Å². The van der Waals surface area contributed by atoms with E-state index in [1.54, 1.807) is 24.5 Å². The molecule has 0 saturated heterocycles. The third kappa shape index (κ3) is 4.51. The van der Waals surface area contributed by atoms with E-state index in [-0.39, 0.29) is 29.8 Å². The van der Waals surface area contributed by atoms with Crippen LogP contribution < -0.4 is 11.1 Å². The molecular formula is C19H23Cl2N3O. The molecule has 25 heavy (non-hydrogen) atoms. The summed E-state index contributed by atoms with van der Waals surface area (Å²) in [7, 11) is 0. The van der Waals surface area contributed by atoms with Crippen molar-refractivity contribution in [2.75, 3.05) is 6.54 Å². The molecule has 3 N–H and O–H groups in total. The lowest BCUT2D eigenvalue weighted by atomic mass is 9.68. The van der Waals surface area contributed by atoms with Crippen molar-refractivity contribution in [1.82, 2.24) is 10.3 Å². The maximum atomic E-state index is 12.3.